The zero-order valence-corrected chi connectivity index (χ0v) is 13.2. The molecule has 0 saturated heterocycles. The molecule has 2 unspecified atom stereocenters. The Morgan fingerprint density at radius 3 is 2.33 bits per heavy atom. The topological polar surface area (TPSA) is 46.2 Å². The Hall–Kier alpha value is -0.680. The maximum atomic E-state index is 13.9. The lowest BCUT2D eigenvalue weighted by Gasteiger charge is -2.61. The number of phenolic OH excluding ortho intramolecular Hbond substituents is 1. The molecule has 2 atom stereocenters. The minimum atomic E-state index is -1.15. The minimum absolute atomic E-state index is 0.0783. The number of halogens is 3. The minimum Gasteiger partial charge on any atom is -0.505 e. The van der Waals surface area contributed by atoms with Crippen LogP contribution in [0.1, 0.15) is 44.1 Å². The SMILES string of the molecule is NC12CC3CC(C1)CC(c1cc(Br)c(F)c(F)c1O)(C3)C2. The summed E-state index contributed by atoms with van der Waals surface area (Å²) >= 11 is 3.07. The van der Waals surface area contributed by atoms with Crippen molar-refractivity contribution in [3.05, 3.63) is 27.7 Å². The van der Waals surface area contributed by atoms with Crippen LogP contribution in [-0.4, -0.2) is 10.6 Å². The van der Waals surface area contributed by atoms with Crippen LogP contribution in [0.3, 0.4) is 0 Å². The third-order valence-electron chi connectivity index (χ3n) is 5.81. The highest BCUT2D eigenvalue weighted by Gasteiger charge is 2.57. The fourth-order valence-electron chi connectivity index (χ4n) is 5.64. The van der Waals surface area contributed by atoms with E-state index in [1.165, 1.54) is 6.42 Å². The van der Waals surface area contributed by atoms with Crippen molar-refractivity contribution >= 4 is 15.9 Å². The molecule has 2 nitrogen and oxygen atoms in total. The van der Waals surface area contributed by atoms with E-state index in [4.69, 9.17) is 5.73 Å². The van der Waals surface area contributed by atoms with Crippen LogP contribution >= 0.6 is 15.9 Å². The second-order valence-electron chi connectivity index (χ2n) is 7.49. The average molecular weight is 358 g/mol. The number of aromatic hydroxyl groups is 1. The molecule has 1 aromatic rings. The van der Waals surface area contributed by atoms with Crippen molar-refractivity contribution in [1.82, 2.24) is 0 Å². The molecule has 114 valence electrons. The molecule has 0 aliphatic heterocycles. The van der Waals surface area contributed by atoms with Gasteiger partial charge in [-0.2, -0.15) is 4.39 Å². The number of benzene rings is 1. The molecule has 0 heterocycles. The number of hydrogen-bond acceptors (Lipinski definition) is 2. The van der Waals surface area contributed by atoms with Crippen LogP contribution in [0.2, 0.25) is 0 Å². The van der Waals surface area contributed by atoms with Gasteiger partial charge in [0.25, 0.3) is 0 Å². The monoisotopic (exact) mass is 357 g/mol. The van der Waals surface area contributed by atoms with Crippen molar-refractivity contribution in [3.63, 3.8) is 0 Å². The van der Waals surface area contributed by atoms with Crippen molar-refractivity contribution in [2.75, 3.05) is 0 Å². The summed E-state index contributed by atoms with van der Waals surface area (Å²) in [6, 6.07) is 1.56. The van der Waals surface area contributed by atoms with Crippen LogP contribution < -0.4 is 5.73 Å². The summed E-state index contributed by atoms with van der Waals surface area (Å²) in [5.41, 5.74) is 6.59. The van der Waals surface area contributed by atoms with Crippen LogP contribution in [0.15, 0.2) is 10.5 Å². The zero-order valence-electron chi connectivity index (χ0n) is 11.6. The van der Waals surface area contributed by atoms with Crippen LogP contribution in [0.25, 0.3) is 0 Å². The third kappa shape index (κ3) is 1.89. The predicted octanol–water partition coefficient (Wildman–Crippen LogP) is 3.98. The van der Waals surface area contributed by atoms with E-state index in [9.17, 15) is 13.9 Å². The van der Waals surface area contributed by atoms with Crippen LogP contribution in [-0.2, 0) is 5.41 Å². The Labute approximate surface area is 130 Å². The van der Waals surface area contributed by atoms with Gasteiger partial charge in [-0.1, -0.05) is 0 Å². The first-order valence-electron chi connectivity index (χ1n) is 7.48. The maximum absolute atomic E-state index is 13.9. The number of hydrogen-bond donors (Lipinski definition) is 2. The van der Waals surface area contributed by atoms with Gasteiger partial charge in [-0.25, -0.2) is 4.39 Å². The van der Waals surface area contributed by atoms with Crippen LogP contribution in [0.5, 0.6) is 5.75 Å². The molecular weight excluding hydrogens is 340 g/mol. The van der Waals surface area contributed by atoms with E-state index in [1.54, 1.807) is 6.07 Å². The lowest BCUT2D eigenvalue weighted by Crippen LogP contribution is -2.61. The van der Waals surface area contributed by atoms with E-state index in [0.29, 0.717) is 17.4 Å². The molecule has 0 aromatic heterocycles. The van der Waals surface area contributed by atoms with E-state index in [2.05, 4.69) is 15.9 Å². The first-order chi connectivity index (χ1) is 9.82. The normalized spacial score (nSPS) is 40.8. The Balaban J connectivity index is 1.87. The molecule has 4 aliphatic carbocycles. The molecule has 5 heteroatoms. The summed E-state index contributed by atoms with van der Waals surface area (Å²) in [6.45, 7) is 0. The molecule has 4 saturated carbocycles. The molecular formula is C16H18BrF2NO. The second kappa shape index (κ2) is 4.19. The zero-order chi connectivity index (χ0) is 15.0. The van der Waals surface area contributed by atoms with Crippen molar-refractivity contribution < 1.29 is 13.9 Å². The molecule has 5 rings (SSSR count). The van der Waals surface area contributed by atoms with Gasteiger partial charge in [0.15, 0.2) is 11.6 Å². The Morgan fingerprint density at radius 2 is 1.76 bits per heavy atom. The standard InChI is InChI=1S/C16H18BrF2NO/c17-11-2-10(14(21)13(19)12(11)18)15-3-8-1-9(4-15)6-16(20,5-8)7-15/h2,8-9,21H,1,3-7,20H2. The molecule has 0 amide bonds. The van der Waals surface area contributed by atoms with E-state index in [1.807, 2.05) is 0 Å². The molecule has 0 radical (unpaired) electrons. The van der Waals surface area contributed by atoms with Crippen molar-refractivity contribution in [1.29, 1.82) is 0 Å². The Kier molecular flexibility index (Phi) is 2.79. The summed E-state index contributed by atoms with van der Waals surface area (Å²) < 4.78 is 27.6. The molecule has 21 heavy (non-hydrogen) atoms. The smallest absolute Gasteiger partial charge is 0.201 e. The van der Waals surface area contributed by atoms with Gasteiger partial charge in [0.2, 0.25) is 5.82 Å². The van der Waals surface area contributed by atoms with Crippen LogP contribution in [0.4, 0.5) is 8.78 Å². The molecule has 1 aromatic carbocycles. The molecule has 0 spiro atoms. The van der Waals surface area contributed by atoms with Crippen molar-refractivity contribution in [3.8, 4) is 5.75 Å². The number of phenols is 1. The van der Waals surface area contributed by atoms with Gasteiger partial charge in [0.05, 0.1) is 4.47 Å². The number of nitrogens with two attached hydrogens (primary N) is 1. The summed E-state index contributed by atoms with van der Waals surface area (Å²) in [7, 11) is 0. The van der Waals surface area contributed by atoms with E-state index < -0.39 is 17.4 Å². The molecule has 4 aliphatic rings. The summed E-state index contributed by atoms with van der Waals surface area (Å²) in [6.07, 6.45) is 5.85. The Bertz CT molecular complexity index is 619. The first-order valence-corrected chi connectivity index (χ1v) is 8.27. The Morgan fingerprint density at radius 1 is 1.14 bits per heavy atom. The van der Waals surface area contributed by atoms with Gasteiger partial charge in [-0.15, -0.1) is 0 Å². The van der Waals surface area contributed by atoms with Gasteiger partial charge in [-0.05, 0) is 72.4 Å². The lowest BCUT2D eigenvalue weighted by molar-refractivity contribution is -0.0238. The maximum Gasteiger partial charge on any atom is 0.201 e. The van der Waals surface area contributed by atoms with E-state index in [-0.39, 0.29) is 15.4 Å². The molecule has 4 bridgehead atoms. The highest BCUT2D eigenvalue weighted by atomic mass is 79.9. The van der Waals surface area contributed by atoms with E-state index >= 15 is 0 Å². The summed E-state index contributed by atoms with van der Waals surface area (Å²) in [5.74, 6) is -1.61. The fraction of sp³-hybridized carbons (Fsp3) is 0.625. The van der Waals surface area contributed by atoms with Crippen molar-refractivity contribution in [2.45, 2.75) is 49.5 Å². The summed E-state index contributed by atoms with van der Waals surface area (Å²) in [5, 5.41) is 10.2. The largest absolute Gasteiger partial charge is 0.505 e. The predicted molar refractivity (Wildman–Crippen MR) is 79.0 cm³/mol. The lowest BCUT2D eigenvalue weighted by atomic mass is 9.45. The highest BCUT2D eigenvalue weighted by Crippen LogP contribution is 2.62. The quantitative estimate of drug-likeness (QED) is 0.746. The average Bonchev–Trinajstić information content (AvgIpc) is 2.37. The number of rotatable bonds is 1. The van der Waals surface area contributed by atoms with Gasteiger partial charge < -0.3 is 10.8 Å². The van der Waals surface area contributed by atoms with Gasteiger partial charge in [0.1, 0.15) is 0 Å². The fourth-order valence-corrected chi connectivity index (χ4v) is 6.04. The van der Waals surface area contributed by atoms with Crippen molar-refractivity contribution in [2.24, 2.45) is 17.6 Å². The highest BCUT2D eigenvalue weighted by molar-refractivity contribution is 9.10. The third-order valence-corrected chi connectivity index (χ3v) is 6.39. The van der Waals surface area contributed by atoms with Gasteiger partial charge >= 0.3 is 0 Å². The summed E-state index contributed by atoms with van der Waals surface area (Å²) in [4.78, 5) is 0. The van der Waals surface area contributed by atoms with E-state index in [0.717, 1.165) is 32.1 Å². The molecule has 4 fully saturated rings. The molecule has 3 N–H and O–H groups in total. The second-order valence-corrected chi connectivity index (χ2v) is 8.34. The first kappa shape index (κ1) is 13.9. The van der Waals surface area contributed by atoms with Gasteiger partial charge in [0, 0.05) is 16.5 Å². The van der Waals surface area contributed by atoms with Gasteiger partial charge in [-0.3, -0.25) is 0 Å². The van der Waals surface area contributed by atoms with Crippen LogP contribution in [0, 0.1) is 23.5 Å².